The van der Waals surface area contributed by atoms with Gasteiger partial charge in [0.2, 0.25) is 0 Å². The van der Waals surface area contributed by atoms with Gasteiger partial charge in [-0.3, -0.25) is 0 Å². The molecule has 260 valence electrons. The molecule has 9 aromatic carbocycles. The van der Waals surface area contributed by atoms with Crippen molar-refractivity contribution in [3.05, 3.63) is 176 Å². The fourth-order valence-electron chi connectivity index (χ4n) is 8.33. The van der Waals surface area contributed by atoms with Gasteiger partial charge in [0.05, 0.1) is 0 Å². The Bertz CT molecular complexity index is 3460. The number of fused-ring (bicyclic) bond motifs is 10. The van der Waals surface area contributed by atoms with E-state index in [1.54, 1.807) is 0 Å². The zero-order valence-electron chi connectivity index (χ0n) is 29.9. The van der Waals surface area contributed by atoms with E-state index >= 15 is 0 Å². The number of rotatable bonds is 4. The Balaban J connectivity index is 1.01. The fourth-order valence-corrected chi connectivity index (χ4v) is 8.33. The fraction of sp³-hybridized carbons (Fsp3) is 0. The molecule has 0 spiro atoms. The lowest BCUT2D eigenvalue weighted by atomic mass is 9.99. The van der Waals surface area contributed by atoms with Crippen molar-refractivity contribution < 1.29 is 8.83 Å². The predicted octanol–water partition coefficient (Wildman–Crippen LogP) is 13.8. The van der Waals surface area contributed by atoms with E-state index in [1.165, 1.54) is 21.5 Å². The summed E-state index contributed by atoms with van der Waals surface area (Å²) >= 11 is 0. The van der Waals surface area contributed by atoms with Gasteiger partial charge in [-0.15, -0.1) is 0 Å². The molecule has 12 aromatic rings. The molecule has 0 aliphatic rings. The molecule has 5 heteroatoms. The van der Waals surface area contributed by atoms with Gasteiger partial charge in [-0.2, -0.15) is 0 Å². The van der Waals surface area contributed by atoms with Gasteiger partial charge < -0.3 is 8.83 Å². The molecule has 0 amide bonds. The van der Waals surface area contributed by atoms with Crippen LogP contribution < -0.4 is 0 Å². The molecule has 12 rings (SSSR count). The van der Waals surface area contributed by atoms with Crippen molar-refractivity contribution in [2.75, 3.05) is 0 Å². The number of nitrogens with zero attached hydrogens (tertiary/aromatic N) is 3. The molecule has 0 aliphatic heterocycles. The topological polar surface area (TPSA) is 65.0 Å². The SMILES string of the molecule is c1ccc2cc(-c3nc(-c4ccc5ccccc5c4)nc(-c4cccc5oc6cc(-c7ccc8c(c7)oc7ccc9ccccc9c78)ccc6c45)n3)ccc2c1. The van der Waals surface area contributed by atoms with Crippen LogP contribution in [-0.4, -0.2) is 15.0 Å². The number of aromatic nitrogens is 3. The Morgan fingerprint density at radius 3 is 1.43 bits per heavy atom. The van der Waals surface area contributed by atoms with Crippen molar-refractivity contribution in [2.45, 2.75) is 0 Å². The lowest BCUT2D eigenvalue weighted by Gasteiger charge is -2.10. The van der Waals surface area contributed by atoms with Gasteiger partial charge in [0, 0.05) is 38.2 Å². The summed E-state index contributed by atoms with van der Waals surface area (Å²) in [5.41, 5.74) is 8.16. The lowest BCUT2D eigenvalue weighted by molar-refractivity contribution is 0.668. The molecule has 0 radical (unpaired) electrons. The molecular formula is C51H29N3O2. The molecule has 3 heterocycles. The summed E-state index contributed by atoms with van der Waals surface area (Å²) in [6.07, 6.45) is 0. The monoisotopic (exact) mass is 715 g/mol. The van der Waals surface area contributed by atoms with Crippen LogP contribution in [-0.2, 0) is 0 Å². The first-order valence-corrected chi connectivity index (χ1v) is 18.7. The minimum absolute atomic E-state index is 0.589. The minimum Gasteiger partial charge on any atom is -0.456 e. The van der Waals surface area contributed by atoms with Crippen molar-refractivity contribution in [3.8, 4) is 45.3 Å². The van der Waals surface area contributed by atoms with E-state index in [1.807, 2.05) is 12.1 Å². The van der Waals surface area contributed by atoms with Gasteiger partial charge in [0.1, 0.15) is 22.3 Å². The zero-order valence-corrected chi connectivity index (χ0v) is 29.9. The average molecular weight is 716 g/mol. The van der Waals surface area contributed by atoms with Gasteiger partial charge in [0.25, 0.3) is 0 Å². The molecule has 0 unspecified atom stereocenters. The molecule has 0 saturated carbocycles. The standard InChI is InChI=1S/C51H29N3O2/c1-3-11-33-26-37(18-16-30(33)8-1)49-52-50(38-19-17-31-9-2-4-12-34(31)27-38)54-51(53-49)42-14-7-15-43-48(42)41-24-21-36(29-46(41)55-43)35-20-23-40-45(28-35)56-44-25-22-32-10-5-6-13-39(32)47(40)44/h1-29H. The molecule has 0 bridgehead atoms. The van der Waals surface area contributed by atoms with Crippen LogP contribution >= 0.6 is 0 Å². The maximum absolute atomic E-state index is 6.59. The van der Waals surface area contributed by atoms with E-state index in [9.17, 15) is 0 Å². The van der Waals surface area contributed by atoms with Crippen LogP contribution in [0, 0.1) is 0 Å². The highest BCUT2D eigenvalue weighted by Gasteiger charge is 2.19. The molecule has 56 heavy (non-hydrogen) atoms. The highest BCUT2D eigenvalue weighted by atomic mass is 16.3. The number of furan rings is 2. The van der Waals surface area contributed by atoms with Crippen molar-refractivity contribution in [3.63, 3.8) is 0 Å². The van der Waals surface area contributed by atoms with E-state index in [2.05, 4.69) is 164 Å². The Hall–Kier alpha value is -7.63. The summed E-state index contributed by atoms with van der Waals surface area (Å²) in [5, 5.41) is 11.2. The van der Waals surface area contributed by atoms with Crippen LogP contribution in [0.1, 0.15) is 0 Å². The number of hydrogen-bond donors (Lipinski definition) is 0. The van der Waals surface area contributed by atoms with E-state index in [4.69, 9.17) is 23.8 Å². The summed E-state index contributed by atoms with van der Waals surface area (Å²) in [6, 6.07) is 61.1. The van der Waals surface area contributed by atoms with E-state index < -0.39 is 0 Å². The average Bonchev–Trinajstić information content (AvgIpc) is 3.84. The molecule has 3 aromatic heterocycles. The van der Waals surface area contributed by atoms with Crippen molar-refractivity contribution >= 4 is 76.2 Å². The smallest absolute Gasteiger partial charge is 0.164 e. The van der Waals surface area contributed by atoms with Crippen LogP contribution in [0.15, 0.2) is 185 Å². The zero-order chi connectivity index (χ0) is 36.7. The quantitative estimate of drug-likeness (QED) is 0.181. The second kappa shape index (κ2) is 11.9. The van der Waals surface area contributed by atoms with Crippen molar-refractivity contribution in [1.82, 2.24) is 15.0 Å². The summed E-state index contributed by atoms with van der Waals surface area (Å²) < 4.78 is 13.0. The van der Waals surface area contributed by atoms with Gasteiger partial charge >= 0.3 is 0 Å². The Kier molecular flexibility index (Phi) is 6.56. The van der Waals surface area contributed by atoms with E-state index in [0.717, 1.165) is 82.5 Å². The Morgan fingerprint density at radius 2 is 0.786 bits per heavy atom. The van der Waals surface area contributed by atoms with Gasteiger partial charge in [-0.25, -0.2) is 15.0 Å². The first-order chi connectivity index (χ1) is 27.7. The third kappa shape index (κ3) is 4.84. The molecule has 0 N–H and O–H groups in total. The maximum atomic E-state index is 6.59. The first-order valence-electron chi connectivity index (χ1n) is 18.7. The largest absolute Gasteiger partial charge is 0.456 e. The van der Waals surface area contributed by atoms with Crippen LogP contribution in [0.4, 0.5) is 0 Å². The highest BCUT2D eigenvalue weighted by Crippen LogP contribution is 2.40. The first kappa shape index (κ1) is 30.8. The van der Waals surface area contributed by atoms with Crippen LogP contribution in [0.3, 0.4) is 0 Å². The van der Waals surface area contributed by atoms with E-state index in [0.29, 0.717) is 17.5 Å². The highest BCUT2D eigenvalue weighted by molar-refractivity contribution is 6.19. The molecular weight excluding hydrogens is 687 g/mol. The van der Waals surface area contributed by atoms with Crippen LogP contribution in [0.25, 0.3) is 121 Å². The van der Waals surface area contributed by atoms with Crippen LogP contribution in [0.2, 0.25) is 0 Å². The van der Waals surface area contributed by atoms with Gasteiger partial charge in [0.15, 0.2) is 17.5 Å². The molecule has 0 aliphatic carbocycles. The van der Waals surface area contributed by atoms with Crippen molar-refractivity contribution in [2.24, 2.45) is 0 Å². The summed E-state index contributed by atoms with van der Waals surface area (Å²) in [5.74, 6) is 1.82. The summed E-state index contributed by atoms with van der Waals surface area (Å²) in [7, 11) is 0. The van der Waals surface area contributed by atoms with E-state index in [-0.39, 0.29) is 0 Å². The molecule has 0 fully saturated rings. The lowest BCUT2D eigenvalue weighted by Crippen LogP contribution is -2.00. The van der Waals surface area contributed by atoms with Gasteiger partial charge in [-0.05, 0) is 92.0 Å². The Morgan fingerprint density at radius 1 is 0.286 bits per heavy atom. The predicted molar refractivity (Wildman–Crippen MR) is 229 cm³/mol. The second-order valence-corrected chi connectivity index (χ2v) is 14.4. The summed E-state index contributed by atoms with van der Waals surface area (Å²) in [4.78, 5) is 15.4. The third-order valence-electron chi connectivity index (χ3n) is 11.1. The van der Waals surface area contributed by atoms with Crippen molar-refractivity contribution in [1.29, 1.82) is 0 Å². The van der Waals surface area contributed by atoms with Gasteiger partial charge in [-0.1, -0.05) is 127 Å². The Labute approximate surface area is 320 Å². The number of benzene rings is 9. The second-order valence-electron chi connectivity index (χ2n) is 14.4. The molecule has 5 nitrogen and oxygen atoms in total. The normalized spacial score (nSPS) is 11.9. The minimum atomic E-state index is 0.589. The molecule has 0 atom stereocenters. The third-order valence-corrected chi connectivity index (χ3v) is 11.1. The van der Waals surface area contributed by atoms with Crippen LogP contribution in [0.5, 0.6) is 0 Å². The maximum Gasteiger partial charge on any atom is 0.164 e. The summed E-state index contributed by atoms with van der Waals surface area (Å²) in [6.45, 7) is 0. The molecule has 0 saturated heterocycles. The number of hydrogen-bond acceptors (Lipinski definition) is 5.